The first-order chi connectivity index (χ1) is 15.6. The second-order valence-electron chi connectivity index (χ2n) is 8.03. The van der Waals surface area contributed by atoms with Crippen molar-refractivity contribution in [3.05, 3.63) is 94.1 Å². The highest BCUT2D eigenvalue weighted by Gasteiger charge is 2.28. The number of fused-ring (bicyclic) bond motifs is 4. The molecule has 3 N–H and O–H groups in total. The molecule has 3 aromatic carbocycles. The Morgan fingerprint density at radius 2 is 1.75 bits per heavy atom. The average molecular weight is 491 g/mol. The lowest BCUT2D eigenvalue weighted by molar-refractivity contribution is 0.0580. The Morgan fingerprint density at radius 1 is 1.06 bits per heavy atom. The van der Waals surface area contributed by atoms with Gasteiger partial charge < -0.3 is 20.1 Å². The van der Waals surface area contributed by atoms with Gasteiger partial charge >= 0.3 is 6.09 Å². The predicted molar refractivity (Wildman–Crippen MR) is 129 cm³/mol. The van der Waals surface area contributed by atoms with Crippen molar-refractivity contribution < 1.29 is 14.6 Å². The molecule has 5 nitrogen and oxygen atoms in total. The number of benzene rings is 3. The number of aliphatic hydroxyl groups excluding tert-OH is 1. The largest absolute Gasteiger partial charge is 0.443 e. The highest BCUT2D eigenvalue weighted by molar-refractivity contribution is 9.10. The molecule has 0 saturated carbocycles. The summed E-state index contributed by atoms with van der Waals surface area (Å²) in [5.41, 5.74) is 6.83. The van der Waals surface area contributed by atoms with E-state index in [2.05, 4.69) is 50.5 Å². The molecule has 1 unspecified atom stereocenters. The van der Waals surface area contributed by atoms with Crippen LogP contribution in [-0.4, -0.2) is 35.4 Å². The van der Waals surface area contributed by atoms with Crippen molar-refractivity contribution in [1.29, 1.82) is 0 Å². The Kier molecular flexibility index (Phi) is 5.72. The SMILES string of the molecule is O=C(NCC1c2ccccc2-c2ccccc21)OC(CO)Cc1c[nH]c2ccc(Br)cc12. The number of alkyl carbamates (subject to hydrolysis) is 1. The van der Waals surface area contributed by atoms with Crippen LogP contribution in [-0.2, 0) is 11.2 Å². The fourth-order valence-electron chi connectivity index (χ4n) is 4.57. The van der Waals surface area contributed by atoms with Crippen LogP contribution in [0.3, 0.4) is 0 Å². The van der Waals surface area contributed by atoms with Crippen molar-refractivity contribution in [2.45, 2.75) is 18.4 Å². The third kappa shape index (κ3) is 3.92. The van der Waals surface area contributed by atoms with E-state index in [0.29, 0.717) is 13.0 Å². The molecule has 162 valence electrons. The summed E-state index contributed by atoms with van der Waals surface area (Å²) >= 11 is 3.49. The van der Waals surface area contributed by atoms with Crippen LogP contribution in [0.2, 0.25) is 0 Å². The van der Waals surface area contributed by atoms with Crippen molar-refractivity contribution in [1.82, 2.24) is 10.3 Å². The molecule has 5 rings (SSSR count). The Bertz CT molecular complexity index is 1240. The number of rotatable bonds is 6. The van der Waals surface area contributed by atoms with E-state index in [1.807, 2.05) is 48.7 Å². The second-order valence-corrected chi connectivity index (χ2v) is 8.94. The van der Waals surface area contributed by atoms with Crippen LogP contribution in [0.1, 0.15) is 22.6 Å². The normalized spacial score (nSPS) is 13.6. The number of aromatic amines is 1. The van der Waals surface area contributed by atoms with Crippen LogP contribution < -0.4 is 5.32 Å². The first kappa shape index (κ1) is 20.8. The number of hydrogen-bond acceptors (Lipinski definition) is 3. The third-order valence-corrected chi connectivity index (χ3v) is 6.56. The van der Waals surface area contributed by atoms with E-state index in [1.165, 1.54) is 22.3 Å². The number of hydrogen-bond donors (Lipinski definition) is 3. The van der Waals surface area contributed by atoms with Crippen LogP contribution in [0.15, 0.2) is 77.4 Å². The van der Waals surface area contributed by atoms with Crippen molar-refractivity contribution in [3.63, 3.8) is 0 Å². The van der Waals surface area contributed by atoms with Crippen LogP contribution in [0.25, 0.3) is 22.0 Å². The number of aliphatic hydroxyl groups is 1. The van der Waals surface area contributed by atoms with Gasteiger partial charge in [-0.25, -0.2) is 4.79 Å². The molecular weight excluding hydrogens is 468 g/mol. The number of halogens is 1. The number of carbonyl (C=O) groups excluding carboxylic acids is 1. The number of carbonyl (C=O) groups is 1. The van der Waals surface area contributed by atoms with Crippen LogP contribution in [0.5, 0.6) is 0 Å². The van der Waals surface area contributed by atoms with Gasteiger partial charge in [0, 0.05) is 40.5 Å². The lowest BCUT2D eigenvalue weighted by atomic mass is 9.97. The Balaban J connectivity index is 1.26. The summed E-state index contributed by atoms with van der Waals surface area (Å²) in [5.74, 6) is 0.0773. The van der Waals surface area contributed by atoms with E-state index in [9.17, 15) is 9.90 Å². The quantitative estimate of drug-likeness (QED) is 0.340. The zero-order valence-electron chi connectivity index (χ0n) is 17.3. The molecule has 1 aliphatic rings. The molecule has 6 heteroatoms. The summed E-state index contributed by atoms with van der Waals surface area (Å²) < 4.78 is 6.54. The van der Waals surface area contributed by atoms with E-state index in [-0.39, 0.29) is 12.5 Å². The molecular formula is C26H23BrN2O3. The van der Waals surface area contributed by atoms with E-state index in [0.717, 1.165) is 20.9 Å². The minimum Gasteiger partial charge on any atom is -0.443 e. The summed E-state index contributed by atoms with van der Waals surface area (Å²) in [7, 11) is 0. The number of ether oxygens (including phenoxy) is 1. The molecule has 1 amide bonds. The van der Waals surface area contributed by atoms with Crippen LogP contribution in [0.4, 0.5) is 4.79 Å². The molecule has 0 bridgehead atoms. The summed E-state index contributed by atoms with van der Waals surface area (Å²) in [6.07, 6.45) is 1.17. The molecule has 0 spiro atoms. The number of amides is 1. The van der Waals surface area contributed by atoms with Gasteiger partial charge in [0.25, 0.3) is 0 Å². The van der Waals surface area contributed by atoms with E-state index < -0.39 is 12.2 Å². The summed E-state index contributed by atoms with van der Waals surface area (Å²) in [6, 6.07) is 22.6. The minimum atomic E-state index is -0.629. The van der Waals surface area contributed by atoms with Gasteiger partial charge in [-0.1, -0.05) is 64.5 Å². The van der Waals surface area contributed by atoms with Crippen LogP contribution in [0, 0.1) is 0 Å². The Morgan fingerprint density at radius 3 is 2.44 bits per heavy atom. The lowest BCUT2D eigenvalue weighted by Gasteiger charge is -2.18. The smallest absolute Gasteiger partial charge is 0.407 e. The van der Waals surface area contributed by atoms with Gasteiger partial charge in [0.2, 0.25) is 0 Å². The third-order valence-electron chi connectivity index (χ3n) is 6.07. The predicted octanol–water partition coefficient (Wildman–Crippen LogP) is 5.37. The first-order valence-corrected chi connectivity index (χ1v) is 11.4. The topological polar surface area (TPSA) is 74.3 Å². The summed E-state index contributed by atoms with van der Waals surface area (Å²) in [6.45, 7) is 0.189. The van der Waals surface area contributed by atoms with Gasteiger partial charge in [0.15, 0.2) is 0 Å². The van der Waals surface area contributed by atoms with E-state index in [1.54, 1.807) is 0 Å². The zero-order chi connectivity index (χ0) is 22.1. The molecule has 0 fully saturated rings. The van der Waals surface area contributed by atoms with Crippen molar-refractivity contribution >= 4 is 32.9 Å². The Hall–Kier alpha value is -3.09. The van der Waals surface area contributed by atoms with Gasteiger partial charge in [-0.05, 0) is 46.0 Å². The van der Waals surface area contributed by atoms with Crippen molar-refractivity contribution in [3.8, 4) is 11.1 Å². The molecule has 0 radical (unpaired) electrons. The number of H-pyrrole nitrogens is 1. The number of nitrogens with one attached hydrogen (secondary N) is 2. The number of aromatic nitrogens is 1. The molecule has 32 heavy (non-hydrogen) atoms. The van der Waals surface area contributed by atoms with Gasteiger partial charge in [-0.2, -0.15) is 0 Å². The Labute approximate surface area is 194 Å². The van der Waals surface area contributed by atoms with Crippen molar-refractivity contribution in [2.75, 3.05) is 13.2 Å². The monoisotopic (exact) mass is 490 g/mol. The molecule has 0 saturated heterocycles. The van der Waals surface area contributed by atoms with E-state index >= 15 is 0 Å². The minimum absolute atomic E-state index is 0.0773. The molecule has 4 aromatic rings. The first-order valence-electron chi connectivity index (χ1n) is 10.6. The van der Waals surface area contributed by atoms with Gasteiger partial charge in [0.05, 0.1) is 6.61 Å². The summed E-state index contributed by atoms with van der Waals surface area (Å²) in [5, 5.41) is 13.8. The maximum atomic E-state index is 12.6. The highest BCUT2D eigenvalue weighted by Crippen LogP contribution is 2.44. The second kappa shape index (κ2) is 8.81. The van der Waals surface area contributed by atoms with Gasteiger partial charge in [-0.3, -0.25) is 0 Å². The van der Waals surface area contributed by atoms with Crippen LogP contribution >= 0.6 is 15.9 Å². The van der Waals surface area contributed by atoms with Gasteiger partial charge in [0.1, 0.15) is 6.10 Å². The van der Waals surface area contributed by atoms with Gasteiger partial charge in [-0.15, -0.1) is 0 Å². The standard InChI is InChI=1S/C26H23BrN2O3/c27-17-9-10-25-23(12-17)16(13-28-25)11-18(15-30)32-26(31)29-14-24-21-7-3-1-5-19(21)20-6-2-4-8-22(20)24/h1-10,12-13,18,24,28,30H,11,14-15H2,(H,29,31). The van der Waals surface area contributed by atoms with E-state index in [4.69, 9.17) is 4.74 Å². The van der Waals surface area contributed by atoms with Crippen molar-refractivity contribution in [2.24, 2.45) is 0 Å². The molecule has 1 atom stereocenters. The molecule has 1 heterocycles. The maximum absolute atomic E-state index is 12.6. The average Bonchev–Trinajstić information content (AvgIpc) is 3.35. The lowest BCUT2D eigenvalue weighted by Crippen LogP contribution is -2.34. The fraction of sp³-hybridized carbons (Fsp3) is 0.192. The summed E-state index contributed by atoms with van der Waals surface area (Å²) in [4.78, 5) is 15.8. The fourth-order valence-corrected chi connectivity index (χ4v) is 4.93. The molecule has 1 aliphatic carbocycles. The highest BCUT2D eigenvalue weighted by atomic mass is 79.9. The molecule has 0 aliphatic heterocycles. The maximum Gasteiger partial charge on any atom is 0.407 e. The molecule has 1 aromatic heterocycles. The zero-order valence-corrected chi connectivity index (χ0v) is 18.9.